The molecule has 2 aromatic rings. The van der Waals surface area contributed by atoms with Crippen LogP contribution in [0.3, 0.4) is 0 Å². The Balaban J connectivity index is 2.30. The fraction of sp³-hybridized carbons (Fsp3) is 0.300. The molecule has 0 aliphatic rings. The summed E-state index contributed by atoms with van der Waals surface area (Å²) in [6.45, 7) is 3.78. The van der Waals surface area contributed by atoms with E-state index in [4.69, 9.17) is 5.26 Å². The molecule has 9 heteroatoms. The van der Waals surface area contributed by atoms with E-state index in [2.05, 4.69) is 20.0 Å². The van der Waals surface area contributed by atoms with E-state index in [1.807, 2.05) is 19.9 Å². The van der Waals surface area contributed by atoms with Gasteiger partial charge in [-0.3, -0.25) is 14.5 Å². The fourth-order valence-electron chi connectivity index (χ4n) is 1.38. The number of aromatic amines is 1. The zero-order valence-electron chi connectivity index (χ0n) is 10.3. The van der Waals surface area contributed by atoms with Crippen LogP contribution in [0.15, 0.2) is 23.5 Å². The van der Waals surface area contributed by atoms with Gasteiger partial charge in [0.05, 0.1) is 12.4 Å². The van der Waals surface area contributed by atoms with Crippen molar-refractivity contribution in [2.45, 2.75) is 24.8 Å². The highest BCUT2D eigenvalue weighted by Crippen LogP contribution is 2.17. The quantitative estimate of drug-likeness (QED) is 0.861. The van der Waals surface area contributed by atoms with E-state index in [-0.39, 0.29) is 22.3 Å². The Kier molecular flexibility index (Phi) is 3.26. The molecule has 0 unspecified atom stereocenters. The number of hydrogen-bond donors (Lipinski definition) is 2. The molecular formula is C10H12N6O2S. The van der Waals surface area contributed by atoms with Gasteiger partial charge in [-0.1, -0.05) is 0 Å². The Morgan fingerprint density at radius 3 is 2.79 bits per heavy atom. The van der Waals surface area contributed by atoms with Crippen molar-refractivity contribution < 1.29 is 8.42 Å². The number of nitrogens with zero attached hydrogens (tertiary/aromatic N) is 4. The van der Waals surface area contributed by atoms with Crippen LogP contribution in [0, 0.1) is 11.3 Å². The third kappa shape index (κ3) is 2.58. The molecule has 0 atom stereocenters. The van der Waals surface area contributed by atoms with Crippen molar-refractivity contribution in [1.29, 1.82) is 5.26 Å². The molecule has 8 nitrogen and oxygen atoms in total. The Morgan fingerprint density at radius 1 is 1.47 bits per heavy atom. The summed E-state index contributed by atoms with van der Waals surface area (Å²) in [5, 5.41) is 18.8. The molecule has 19 heavy (non-hydrogen) atoms. The smallest absolute Gasteiger partial charge is 0.266 e. The van der Waals surface area contributed by atoms with E-state index in [0.717, 1.165) is 0 Å². The van der Waals surface area contributed by atoms with Crippen LogP contribution < -0.4 is 4.72 Å². The molecule has 0 spiro atoms. The number of H-pyrrole nitrogens is 1. The molecule has 0 fully saturated rings. The fourth-order valence-corrected chi connectivity index (χ4v) is 2.36. The molecule has 0 aliphatic carbocycles. The van der Waals surface area contributed by atoms with Crippen molar-refractivity contribution >= 4 is 15.8 Å². The molecule has 2 heterocycles. The minimum Gasteiger partial charge on any atom is -0.269 e. The van der Waals surface area contributed by atoms with Crippen molar-refractivity contribution in [1.82, 2.24) is 20.0 Å². The van der Waals surface area contributed by atoms with Crippen LogP contribution in [0.5, 0.6) is 0 Å². The molecule has 2 rings (SSSR count). The van der Waals surface area contributed by atoms with Crippen LogP contribution in [0.1, 0.15) is 25.5 Å². The zero-order chi connectivity index (χ0) is 14.0. The third-order valence-corrected chi connectivity index (χ3v) is 3.72. The van der Waals surface area contributed by atoms with Gasteiger partial charge in [0.25, 0.3) is 10.0 Å². The lowest BCUT2D eigenvalue weighted by Crippen LogP contribution is -2.13. The van der Waals surface area contributed by atoms with E-state index in [1.54, 1.807) is 0 Å². The van der Waals surface area contributed by atoms with E-state index < -0.39 is 10.0 Å². The van der Waals surface area contributed by atoms with E-state index in [0.29, 0.717) is 0 Å². The maximum absolute atomic E-state index is 12.1. The summed E-state index contributed by atoms with van der Waals surface area (Å²) in [4.78, 5) is 0.0275. The average Bonchev–Trinajstić information content (AvgIpc) is 2.95. The number of nitriles is 1. The molecule has 100 valence electrons. The lowest BCUT2D eigenvalue weighted by molar-refractivity contribution is 0.531. The van der Waals surface area contributed by atoms with Gasteiger partial charge in [-0.2, -0.15) is 15.5 Å². The van der Waals surface area contributed by atoms with Gasteiger partial charge >= 0.3 is 0 Å². The van der Waals surface area contributed by atoms with Gasteiger partial charge < -0.3 is 0 Å². The normalized spacial score (nSPS) is 11.5. The van der Waals surface area contributed by atoms with Crippen molar-refractivity contribution in [3.8, 4) is 6.07 Å². The molecule has 2 aromatic heterocycles. The van der Waals surface area contributed by atoms with E-state index in [9.17, 15) is 8.42 Å². The molecular weight excluding hydrogens is 268 g/mol. The first-order chi connectivity index (χ1) is 8.94. The first-order valence-corrected chi connectivity index (χ1v) is 6.93. The van der Waals surface area contributed by atoms with Crippen LogP contribution in [0.4, 0.5) is 5.82 Å². The molecule has 0 saturated heterocycles. The predicted octanol–water partition coefficient (Wildman–Crippen LogP) is 0.860. The van der Waals surface area contributed by atoms with Crippen LogP contribution >= 0.6 is 0 Å². The number of aromatic nitrogens is 4. The molecule has 0 amide bonds. The number of nitrogens with one attached hydrogen (secondary N) is 2. The largest absolute Gasteiger partial charge is 0.269 e. The minimum absolute atomic E-state index is 0.0275. The second-order valence-corrected chi connectivity index (χ2v) is 5.81. The van der Waals surface area contributed by atoms with Gasteiger partial charge in [0, 0.05) is 12.2 Å². The highest BCUT2D eigenvalue weighted by Gasteiger charge is 2.19. The van der Waals surface area contributed by atoms with Crippen LogP contribution in [-0.4, -0.2) is 28.4 Å². The number of rotatable bonds is 4. The number of hydrogen-bond acceptors (Lipinski definition) is 5. The minimum atomic E-state index is -3.78. The van der Waals surface area contributed by atoms with Gasteiger partial charge in [0.2, 0.25) is 0 Å². The SMILES string of the molecule is CC(C)n1cc(S(=O)(=O)Nc2[nH]ncc2C#N)cn1. The molecule has 2 N–H and O–H groups in total. The summed E-state index contributed by atoms with van der Waals surface area (Å²) >= 11 is 0. The third-order valence-electron chi connectivity index (χ3n) is 2.41. The Labute approximate surface area is 110 Å². The van der Waals surface area contributed by atoms with Crippen LogP contribution in [0.25, 0.3) is 0 Å². The van der Waals surface area contributed by atoms with E-state index >= 15 is 0 Å². The summed E-state index contributed by atoms with van der Waals surface area (Å²) in [7, 11) is -3.78. The maximum atomic E-state index is 12.1. The van der Waals surface area contributed by atoms with E-state index in [1.165, 1.54) is 23.3 Å². The summed E-state index contributed by atoms with van der Waals surface area (Å²) in [5.74, 6) is 0.0415. The van der Waals surface area contributed by atoms with Crippen molar-refractivity contribution in [2.75, 3.05) is 4.72 Å². The second-order valence-electron chi connectivity index (χ2n) is 4.13. The van der Waals surface area contributed by atoms with Gasteiger partial charge in [-0.05, 0) is 13.8 Å². The summed E-state index contributed by atoms with van der Waals surface area (Å²) in [6, 6.07) is 1.89. The number of sulfonamides is 1. The van der Waals surface area contributed by atoms with Crippen molar-refractivity contribution in [2.24, 2.45) is 0 Å². The van der Waals surface area contributed by atoms with Gasteiger partial charge in [-0.25, -0.2) is 8.42 Å². The average molecular weight is 280 g/mol. The maximum Gasteiger partial charge on any atom is 0.266 e. The highest BCUT2D eigenvalue weighted by molar-refractivity contribution is 7.92. The van der Waals surface area contributed by atoms with Gasteiger partial charge in [0.1, 0.15) is 16.5 Å². The standard InChI is InChI=1S/C10H12N6O2S/c1-7(2)16-6-9(5-13-16)19(17,18)15-10-8(3-11)4-12-14-10/h4-7H,1-2H3,(H2,12,14,15). The Morgan fingerprint density at radius 2 is 2.21 bits per heavy atom. The van der Waals surface area contributed by atoms with Crippen molar-refractivity contribution in [3.63, 3.8) is 0 Å². The first-order valence-electron chi connectivity index (χ1n) is 5.44. The molecule has 0 radical (unpaired) electrons. The highest BCUT2D eigenvalue weighted by atomic mass is 32.2. The van der Waals surface area contributed by atoms with Crippen molar-refractivity contribution in [3.05, 3.63) is 24.2 Å². The molecule has 0 saturated carbocycles. The van der Waals surface area contributed by atoms with Crippen LogP contribution in [-0.2, 0) is 10.0 Å². The van der Waals surface area contributed by atoms with Crippen LogP contribution in [0.2, 0.25) is 0 Å². The lowest BCUT2D eigenvalue weighted by Gasteiger charge is -2.05. The monoisotopic (exact) mass is 280 g/mol. The Bertz CT molecular complexity index is 721. The van der Waals surface area contributed by atoms with Gasteiger partial charge in [0.15, 0.2) is 5.82 Å². The Hall–Kier alpha value is -2.34. The molecule has 0 bridgehead atoms. The summed E-state index contributed by atoms with van der Waals surface area (Å²) in [5.41, 5.74) is 0.125. The number of anilines is 1. The molecule has 0 aliphatic heterocycles. The molecule has 0 aromatic carbocycles. The van der Waals surface area contributed by atoms with Gasteiger partial charge in [-0.15, -0.1) is 0 Å². The topological polar surface area (TPSA) is 116 Å². The second kappa shape index (κ2) is 4.74. The first kappa shape index (κ1) is 13.1. The lowest BCUT2D eigenvalue weighted by atomic mass is 10.4. The summed E-state index contributed by atoms with van der Waals surface area (Å²) in [6.07, 6.45) is 3.93. The summed E-state index contributed by atoms with van der Waals surface area (Å²) < 4.78 is 28.0. The zero-order valence-corrected chi connectivity index (χ0v) is 11.1. The predicted molar refractivity (Wildman–Crippen MR) is 66.7 cm³/mol.